The number of hydrogen-bond donors (Lipinski definition) is 2. The minimum absolute atomic E-state index is 0.233. The number of carbonyl (C=O) groups excluding carboxylic acids is 1. The van der Waals surface area contributed by atoms with Gasteiger partial charge in [-0.2, -0.15) is 0 Å². The third kappa shape index (κ3) is 5.31. The largest absolute Gasteiger partial charge is 0.489 e. The van der Waals surface area contributed by atoms with Gasteiger partial charge in [-0.3, -0.25) is 10.1 Å². The van der Waals surface area contributed by atoms with Crippen LogP contribution in [0.15, 0.2) is 55.1 Å². The number of benzene rings is 2. The molecule has 124 valence electrons. The molecule has 0 aliphatic carbocycles. The highest BCUT2D eigenvalue weighted by Gasteiger charge is 2.09. The Balaban J connectivity index is 1.98. The van der Waals surface area contributed by atoms with E-state index < -0.39 is 0 Å². The lowest BCUT2D eigenvalue weighted by Crippen LogP contribution is -2.34. The molecule has 6 heteroatoms. The van der Waals surface area contributed by atoms with Crippen molar-refractivity contribution >= 4 is 51.5 Å². The smallest absolute Gasteiger partial charge is 0.257 e. The Morgan fingerprint density at radius 3 is 2.83 bits per heavy atom. The van der Waals surface area contributed by atoms with Gasteiger partial charge >= 0.3 is 0 Å². The molecule has 1 amide bonds. The highest BCUT2D eigenvalue weighted by molar-refractivity contribution is 14.1. The van der Waals surface area contributed by atoms with Crippen molar-refractivity contribution < 1.29 is 9.53 Å². The van der Waals surface area contributed by atoms with Gasteiger partial charge in [-0.15, -0.1) is 0 Å². The Morgan fingerprint density at radius 1 is 1.33 bits per heavy atom. The van der Waals surface area contributed by atoms with E-state index in [1.807, 2.05) is 37.3 Å². The first-order chi connectivity index (χ1) is 11.5. The number of anilines is 1. The van der Waals surface area contributed by atoms with Gasteiger partial charge in [0.05, 0.1) is 0 Å². The summed E-state index contributed by atoms with van der Waals surface area (Å²) in [6.45, 7) is 6.03. The highest BCUT2D eigenvalue weighted by atomic mass is 127. The van der Waals surface area contributed by atoms with E-state index in [1.165, 1.54) is 0 Å². The minimum Gasteiger partial charge on any atom is -0.489 e. The Labute approximate surface area is 160 Å². The molecule has 0 aliphatic rings. The van der Waals surface area contributed by atoms with Crippen LogP contribution in [-0.4, -0.2) is 17.6 Å². The molecular formula is C18H17IN2O2S. The molecule has 0 bridgehead atoms. The van der Waals surface area contributed by atoms with Gasteiger partial charge < -0.3 is 10.1 Å². The van der Waals surface area contributed by atoms with Crippen LogP contribution in [0.25, 0.3) is 0 Å². The van der Waals surface area contributed by atoms with Crippen LogP contribution in [0.2, 0.25) is 0 Å². The van der Waals surface area contributed by atoms with Crippen LogP contribution in [0.1, 0.15) is 15.9 Å². The van der Waals surface area contributed by atoms with E-state index in [0.717, 1.165) is 14.8 Å². The molecule has 0 spiro atoms. The average Bonchev–Trinajstić information content (AvgIpc) is 2.55. The maximum Gasteiger partial charge on any atom is 0.257 e. The molecule has 2 N–H and O–H groups in total. The number of ether oxygens (including phenoxy) is 1. The molecule has 0 saturated heterocycles. The number of halogens is 1. The van der Waals surface area contributed by atoms with Crippen molar-refractivity contribution in [2.45, 2.75) is 6.92 Å². The molecule has 4 nitrogen and oxygen atoms in total. The molecule has 0 unspecified atom stereocenters. The molecule has 2 aromatic rings. The normalized spacial score (nSPS) is 9.92. The predicted octanol–water partition coefficient (Wildman–Crippen LogP) is 4.29. The second-order valence-corrected chi connectivity index (χ2v) is 6.57. The third-order valence-corrected chi connectivity index (χ3v) is 4.49. The molecule has 0 aliphatic heterocycles. The lowest BCUT2D eigenvalue weighted by Gasteiger charge is -2.11. The summed E-state index contributed by atoms with van der Waals surface area (Å²) < 4.78 is 6.50. The topological polar surface area (TPSA) is 50.4 Å². The summed E-state index contributed by atoms with van der Waals surface area (Å²) >= 11 is 7.40. The SMILES string of the molecule is C=CCOc1cccc(NC(=S)NC(=O)c2ccc(C)c(I)c2)c1. The van der Waals surface area contributed by atoms with E-state index >= 15 is 0 Å². The summed E-state index contributed by atoms with van der Waals surface area (Å²) in [6.07, 6.45) is 1.67. The van der Waals surface area contributed by atoms with Crippen molar-refractivity contribution in [2.75, 3.05) is 11.9 Å². The number of amides is 1. The van der Waals surface area contributed by atoms with Crippen LogP contribution in [0.5, 0.6) is 5.75 Å². The summed E-state index contributed by atoms with van der Waals surface area (Å²) in [5.41, 5.74) is 2.43. The molecule has 0 aromatic heterocycles. The van der Waals surface area contributed by atoms with Gasteiger partial charge in [0.1, 0.15) is 12.4 Å². The zero-order valence-corrected chi connectivity index (χ0v) is 16.1. The van der Waals surface area contributed by atoms with Crippen LogP contribution in [0.3, 0.4) is 0 Å². The molecule has 0 saturated carbocycles. The molecule has 0 fully saturated rings. The number of carbonyl (C=O) groups is 1. The first kappa shape index (κ1) is 18.4. The molecule has 0 radical (unpaired) electrons. The fourth-order valence-corrected chi connectivity index (χ4v) is 2.62. The van der Waals surface area contributed by atoms with Crippen LogP contribution < -0.4 is 15.4 Å². The Kier molecular flexibility index (Phi) is 6.74. The minimum atomic E-state index is -0.246. The third-order valence-electron chi connectivity index (χ3n) is 3.12. The van der Waals surface area contributed by atoms with E-state index in [1.54, 1.807) is 18.2 Å². The van der Waals surface area contributed by atoms with E-state index in [9.17, 15) is 4.79 Å². The van der Waals surface area contributed by atoms with E-state index in [0.29, 0.717) is 17.9 Å². The maximum absolute atomic E-state index is 12.2. The van der Waals surface area contributed by atoms with Crippen molar-refractivity contribution in [1.29, 1.82) is 0 Å². The first-order valence-electron chi connectivity index (χ1n) is 7.22. The van der Waals surface area contributed by atoms with E-state index in [2.05, 4.69) is 39.8 Å². The Morgan fingerprint density at radius 2 is 2.12 bits per heavy atom. The molecule has 24 heavy (non-hydrogen) atoms. The number of rotatable bonds is 5. The van der Waals surface area contributed by atoms with Gasteiger partial charge in [-0.25, -0.2) is 0 Å². The first-order valence-corrected chi connectivity index (χ1v) is 8.70. The maximum atomic E-state index is 12.2. The van der Waals surface area contributed by atoms with Crippen LogP contribution in [0.4, 0.5) is 5.69 Å². The zero-order valence-electron chi connectivity index (χ0n) is 13.1. The number of aryl methyl sites for hydroxylation is 1. The fraction of sp³-hybridized carbons (Fsp3) is 0.111. The number of thiocarbonyl (C=S) groups is 1. The molecule has 2 rings (SSSR count). The van der Waals surface area contributed by atoms with Gasteiger partial charge in [0.2, 0.25) is 0 Å². The number of nitrogens with one attached hydrogen (secondary N) is 2. The Bertz CT molecular complexity index is 777. The molecule has 2 aromatic carbocycles. The standard InChI is InChI=1S/C18H17IN2O2S/c1-3-9-23-15-6-4-5-14(11-15)20-18(24)21-17(22)13-8-7-12(2)16(19)10-13/h3-8,10-11H,1,9H2,2H3,(H2,20,21,22,24). The summed E-state index contributed by atoms with van der Waals surface area (Å²) in [4.78, 5) is 12.2. The summed E-state index contributed by atoms with van der Waals surface area (Å²) in [5.74, 6) is 0.451. The summed E-state index contributed by atoms with van der Waals surface area (Å²) in [7, 11) is 0. The Hall–Kier alpha value is -1.93. The van der Waals surface area contributed by atoms with E-state index in [4.69, 9.17) is 17.0 Å². The van der Waals surface area contributed by atoms with Gasteiger partial charge in [0, 0.05) is 20.9 Å². The van der Waals surface area contributed by atoms with Gasteiger partial charge in [0.15, 0.2) is 5.11 Å². The van der Waals surface area contributed by atoms with Crippen LogP contribution in [-0.2, 0) is 0 Å². The van der Waals surface area contributed by atoms with Crippen molar-refractivity contribution in [3.63, 3.8) is 0 Å². The number of hydrogen-bond acceptors (Lipinski definition) is 3. The van der Waals surface area contributed by atoms with Gasteiger partial charge in [-0.05, 0) is 71.6 Å². The van der Waals surface area contributed by atoms with Crippen molar-refractivity contribution in [3.05, 3.63) is 69.8 Å². The van der Waals surface area contributed by atoms with E-state index in [-0.39, 0.29) is 11.0 Å². The summed E-state index contributed by atoms with van der Waals surface area (Å²) in [5, 5.41) is 5.89. The zero-order chi connectivity index (χ0) is 17.5. The molecule has 0 heterocycles. The van der Waals surface area contributed by atoms with Crippen molar-refractivity contribution in [3.8, 4) is 5.75 Å². The average molecular weight is 452 g/mol. The van der Waals surface area contributed by atoms with Crippen molar-refractivity contribution in [1.82, 2.24) is 5.32 Å². The fourth-order valence-electron chi connectivity index (χ4n) is 1.89. The molecular weight excluding hydrogens is 435 g/mol. The molecule has 0 atom stereocenters. The highest BCUT2D eigenvalue weighted by Crippen LogP contribution is 2.17. The predicted molar refractivity (Wildman–Crippen MR) is 110 cm³/mol. The lowest BCUT2D eigenvalue weighted by atomic mass is 10.1. The second-order valence-electron chi connectivity index (χ2n) is 5.00. The van der Waals surface area contributed by atoms with Gasteiger partial charge in [0.25, 0.3) is 5.91 Å². The van der Waals surface area contributed by atoms with Crippen LogP contribution >= 0.6 is 34.8 Å². The van der Waals surface area contributed by atoms with Gasteiger partial charge in [-0.1, -0.05) is 24.8 Å². The summed E-state index contributed by atoms with van der Waals surface area (Å²) in [6, 6.07) is 12.8. The van der Waals surface area contributed by atoms with Crippen molar-refractivity contribution in [2.24, 2.45) is 0 Å². The monoisotopic (exact) mass is 452 g/mol. The lowest BCUT2D eigenvalue weighted by molar-refractivity contribution is 0.0977. The quantitative estimate of drug-likeness (QED) is 0.404. The van der Waals surface area contributed by atoms with Crippen LogP contribution in [0, 0.1) is 10.5 Å². The second kappa shape index (κ2) is 8.79.